The molecule has 0 saturated carbocycles. The van der Waals surface area contributed by atoms with Crippen molar-refractivity contribution in [2.75, 3.05) is 23.7 Å². The van der Waals surface area contributed by atoms with Crippen molar-refractivity contribution >= 4 is 29.2 Å². The highest BCUT2D eigenvalue weighted by molar-refractivity contribution is 5.99. The summed E-state index contributed by atoms with van der Waals surface area (Å²) in [6.45, 7) is 5.92. The molecule has 0 spiro atoms. The summed E-state index contributed by atoms with van der Waals surface area (Å²) in [5, 5.41) is 8.41. The van der Waals surface area contributed by atoms with E-state index >= 15 is 0 Å². The van der Waals surface area contributed by atoms with E-state index in [0.717, 1.165) is 16.9 Å². The highest BCUT2D eigenvalue weighted by atomic mass is 16.2. The minimum absolute atomic E-state index is 0.132. The molecule has 118 valence electrons. The maximum Gasteiger partial charge on any atom is 0.324 e. The number of urea groups is 1. The second-order valence-electron chi connectivity index (χ2n) is 5.30. The lowest BCUT2D eigenvalue weighted by molar-refractivity contribution is -0.128. The Bertz CT molecular complexity index is 615. The molecule has 0 aliphatic carbocycles. The second-order valence-corrected chi connectivity index (χ2v) is 5.30. The normalized spacial score (nSPS) is 15.2. The molecular weight excluding hydrogens is 284 g/mol. The van der Waals surface area contributed by atoms with E-state index in [0.29, 0.717) is 13.1 Å². The van der Waals surface area contributed by atoms with Crippen molar-refractivity contribution in [3.05, 3.63) is 23.8 Å². The van der Waals surface area contributed by atoms with Crippen LogP contribution in [-0.4, -0.2) is 41.9 Å². The minimum atomic E-state index is -0.519. The molecule has 1 aromatic carbocycles. The smallest absolute Gasteiger partial charge is 0.324 e. The first-order valence-corrected chi connectivity index (χ1v) is 7.12. The molecule has 0 radical (unpaired) electrons. The Morgan fingerprint density at radius 1 is 1.36 bits per heavy atom. The zero-order chi connectivity index (χ0) is 16.3. The zero-order valence-corrected chi connectivity index (χ0v) is 12.9. The standard InChI is InChI=1S/C15H20N4O3/c1-9-8-12(4-5-13(9)18-11(3)20)17-10(2)14(21)19-7-6-16-15(19)22/h4-5,8,10,17H,6-7H2,1-3H3,(H,16,22)(H,18,20)/t10-/m1/s1. The van der Waals surface area contributed by atoms with Gasteiger partial charge in [0, 0.05) is 31.4 Å². The zero-order valence-electron chi connectivity index (χ0n) is 12.9. The summed E-state index contributed by atoms with van der Waals surface area (Å²) in [6.07, 6.45) is 0. The average Bonchev–Trinajstić information content (AvgIpc) is 2.86. The van der Waals surface area contributed by atoms with Gasteiger partial charge in [-0.05, 0) is 37.6 Å². The number of rotatable bonds is 4. The molecular formula is C15H20N4O3. The van der Waals surface area contributed by atoms with Crippen molar-refractivity contribution in [2.45, 2.75) is 26.8 Å². The van der Waals surface area contributed by atoms with E-state index in [9.17, 15) is 14.4 Å². The van der Waals surface area contributed by atoms with E-state index in [1.807, 2.05) is 13.0 Å². The lowest BCUT2D eigenvalue weighted by Crippen LogP contribution is -2.43. The van der Waals surface area contributed by atoms with Crippen LogP contribution in [0.25, 0.3) is 0 Å². The number of benzene rings is 1. The summed E-state index contributed by atoms with van der Waals surface area (Å²) < 4.78 is 0. The summed E-state index contributed by atoms with van der Waals surface area (Å²) in [4.78, 5) is 36.0. The molecule has 7 nitrogen and oxygen atoms in total. The fraction of sp³-hybridized carbons (Fsp3) is 0.400. The van der Waals surface area contributed by atoms with Crippen molar-refractivity contribution in [3.63, 3.8) is 0 Å². The number of nitrogens with zero attached hydrogens (tertiary/aromatic N) is 1. The van der Waals surface area contributed by atoms with Crippen molar-refractivity contribution in [3.8, 4) is 0 Å². The van der Waals surface area contributed by atoms with Crippen LogP contribution in [0.5, 0.6) is 0 Å². The summed E-state index contributed by atoms with van der Waals surface area (Å²) in [5.41, 5.74) is 2.38. The molecule has 1 aliphatic rings. The topological polar surface area (TPSA) is 90.5 Å². The molecule has 1 aromatic rings. The van der Waals surface area contributed by atoms with Crippen LogP contribution in [0.3, 0.4) is 0 Å². The van der Waals surface area contributed by atoms with Crippen molar-refractivity contribution in [1.82, 2.24) is 10.2 Å². The first-order chi connectivity index (χ1) is 10.4. The Morgan fingerprint density at radius 2 is 2.09 bits per heavy atom. The van der Waals surface area contributed by atoms with Gasteiger partial charge < -0.3 is 16.0 Å². The van der Waals surface area contributed by atoms with Gasteiger partial charge in [-0.25, -0.2) is 4.79 Å². The first kappa shape index (κ1) is 15.8. The molecule has 0 bridgehead atoms. The molecule has 0 unspecified atom stereocenters. The largest absolute Gasteiger partial charge is 0.374 e. The van der Waals surface area contributed by atoms with Gasteiger partial charge in [-0.1, -0.05) is 0 Å². The maximum absolute atomic E-state index is 12.2. The van der Waals surface area contributed by atoms with E-state index in [1.165, 1.54) is 11.8 Å². The van der Waals surface area contributed by atoms with Crippen molar-refractivity contribution in [2.24, 2.45) is 0 Å². The lowest BCUT2D eigenvalue weighted by Gasteiger charge is -2.20. The number of aryl methyl sites for hydroxylation is 1. The van der Waals surface area contributed by atoms with Crippen LogP contribution in [0.15, 0.2) is 18.2 Å². The van der Waals surface area contributed by atoms with E-state index in [-0.39, 0.29) is 17.8 Å². The van der Waals surface area contributed by atoms with E-state index < -0.39 is 6.04 Å². The highest BCUT2D eigenvalue weighted by Gasteiger charge is 2.29. The Morgan fingerprint density at radius 3 is 2.64 bits per heavy atom. The van der Waals surface area contributed by atoms with Gasteiger partial charge in [-0.3, -0.25) is 14.5 Å². The van der Waals surface area contributed by atoms with E-state index in [1.54, 1.807) is 19.1 Å². The average molecular weight is 304 g/mol. The van der Waals surface area contributed by atoms with Gasteiger partial charge in [-0.2, -0.15) is 0 Å². The number of anilines is 2. The predicted octanol–water partition coefficient (Wildman–Crippen LogP) is 1.31. The summed E-state index contributed by atoms with van der Waals surface area (Å²) in [6, 6.07) is 4.54. The maximum atomic E-state index is 12.2. The van der Waals surface area contributed by atoms with Gasteiger partial charge in [0.15, 0.2) is 0 Å². The second kappa shape index (κ2) is 6.46. The Labute approximate surface area is 129 Å². The van der Waals surface area contributed by atoms with Gasteiger partial charge in [0.25, 0.3) is 5.91 Å². The minimum Gasteiger partial charge on any atom is -0.374 e. The van der Waals surface area contributed by atoms with Crippen LogP contribution in [0.1, 0.15) is 19.4 Å². The summed E-state index contributed by atoms with van der Waals surface area (Å²) in [5.74, 6) is -0.397. The third kappa shape index (κ3) is 3.55. The lowest BCUT2D eigenvalue weighted by atomic mass is 10.1. The molecule has 3 N–H and O–H groups in total. The predicted molar refractivity (Wildman–Crippen MR) is 83.7 cm³/mol. The number of hydrogen-bond acceptors (Lipinski definition) is 4. The van der Waals surface area contributed by atoms with Crippen LogP contribution >= 0.6 is 0 Å². The van der Waals surface area contributed by atoms with Gasteiger partial charge in [-0.15, -0.1) is 0 Å². The molecule has 22 heavy (non-hydrogen) atoms. The van der Waals surface area contributed by atoms with Crippen LogP contribution in [0.2, 0.25) is 0 Å². The number of nitrogens with one attached hydrogen (secondary N) is 3. The summed E-state index contributed by atoms with van der Waals surface area (Å²) in [7, 11) is 0. The van der Waals surface area contributed by atoms with E-state index in [4.69, 9.17) is 0 Å². The van der Waals surface area contributed by atoms with Gasteiger partial charge >= 0.3 is 6.03 Å². The first-order valence-electron chi connectivity index (χ1n) is 7.12. The van der Waals surface area contributed by atoms with Gasteiger partial charge in [0.05, 0.1) is 0 Å². The van der Waals surface area contributed by atoms with E-state index in [2.05, 4.69) is 16.0 Å². The summed E-state index contributed by atoms with van der Waals surface area (Å²) >= 11 is 0. The monoisotopic (exact) mass is 304 g/mol. The number of carbonyl (C=O) groups is 3. The third-order valence-electron chi connectivity index (χ3n) is 3.41. The third-order valence-corrected chi connectivity index (χ3v) is 3.41. The molecule has 1 saturated heterocycles. The van der Waals surface area contributed by atoms with Crippen LogP contribution in [-0.2, 0) is 9.59 Å². The Hall–Kier alpha value is -2.57. The molecule has 1 aliphatic heterocycles. The number of carbonyl (C=O) groups excluding carboxylic acids is 3. The van der Waals surface area contributed by atoms with Crippen LogP contribution < -0.4 is 16.0 Å². The molecule has 2 rings (SSSR count). The van der Waals surface area contributed by atoms with Crippen molar-refractivity contribution in [1.29, 1.82) is 0 Å². The number of imide groups is 1. The molecule has 1 fully saturated rings. The van der Waals surface area contributed by atoms with Crippen LogP contribution in [0.4, 0.5) is 16.2 Å². The molecule has 7 heteroatoms. The molecule has 1 atom stereocenters. The number of hydrogen-bond donors (Lipinski definition) is 3. The highest BCUT2D eigenvalue weighted by Crippen LogP contribution is 2.20. The number of amides is 4. The molecule has 1 heterocycles. The quantitative estimate of drug-likeness (QED) is 0.782. The fourth-order valence-corrected chi connectivity index (χ4v) is 2.31. The van der Waals surface area contributed by atoms with Gasteiger partial charge in [0.1, 0.15) is 6.04 Å². The molecule has 4 amide bonds. The molecule has 0 aromatic heterocycles. The SMILES string of the molecule is CC(=O)Nc1ccc(N[C@H](C)C(=O)N2CCNC2=O)cc1C. The Kier molecular flexibility index (Phi) is 4.65. The van der Waals surface area contributed by atoms with Crippen molar-refractivity contribution < 1.29 is 14.4 Å². The van der Waals surface area contributed by atoms with Gasteiger partial charge in [0.2, 0.25) is 5.91 Å². The fourth-order valence-electron chi connectivity index (χ4n) is 2.31. The van der Waals surface area contributed by atoms with Crippen LogP contribution in [0, 0.1) is 6.92 Å². The Balaban J connectivity index is 2.03.